The molecule has 0 aliphatic carbocycles. The molecule has 1 N–H and O–H groups in total. The maximum absolute atomic E-state index is 14.7. The Bertz CT molecular complexity index is 1270. The largest absolute Gasteiger partial charge is 0.416 e. The summed E-state index contributed by atoms with van der Waals surface area (Å²) in [7, 11) is 0. The fraction of sp³-hybridized carbons (Fsp3) is 0.394. The Hall–Kier alpha value is -3.40. The summed E-state index contributed by atoms with van der Waals surface area (Å²) in [6.07, 6.45) is -3.62. The van der Waals surface area contributed by atoms with Crippen LogP contribution in [0.25, 0.3) is 0 Å². The predicted molar refractivity (Wildman–Crippen MR) is 165 cm³/mol. The highest BCUT2D eigenvalue weighted by atomic mass is 35.5. The van der Waals surface area contributed by atoms with Gasteiger partial charge >= 0.3 is 12.4 Å². The van der Waals surface area contributed by atoms with Gasteiger partial charge in [0, 0.05) is 12.1 Å². The van der Waals surface area contributed by atoms with Gasteiger partial charge in [-0.3, -0.25) is 9.79 Å². The summed E-state index contributed by atoms with van der Waals surface area (Å²) in [4.78, 5) is 18.0. The lowest BCUT2D eigenvalue weighted by molar-refractivity contribution is -0.192. The molecule has 0 spiro atoms. The van der Waals surface area contributed by atoms with Gasteiger partial charge < -0.3 is 5.32 Å². The van der Waals surface area contributed by atoms with Crippen molar-refractivity contribution in [3.05, 3.63) is 108 Å². The number of carbonyl (C=O) groups excluding carboxylic acids is 1. The minimum atomic E-state index is -5.13. The Morgan fingerprint density at radius 2 is 1.52 bits per heavy atom. The van der Waals surface area contributed by atoms with Crippen LogP contribution in [0.5, 0.6) is 0 Å². The third kappa shape index (κ3) is 10.1. The Morgan fingerprint density at radius 1 is 0.955 bits per heavy atom. The van der Waals surface area contributed by atoms with E-state index in [0.717, 1.165) is 12.1 Å². The van der Waals surface area contributed by atoms with Crippen molar-refractivity contribution in [3.8, 4) is 0 Å². The van der Waals surface area contributed by atoms with Gasteiger partial charge in [-0.15, -0.1) is 18.2 Å². The van der Waals surface area contributed by atoms with E-state index in [4.69, 9.17) is 11.6 Å². The Kier molecular flexibility index (Phi) is 17.0. The zero-order chi connectivity index (χ0) is 34.2. The van der Waals surface area contributed by atoms with Gasteiger partial charge in [0.15, 0.2) is 5.41 Å². The van der Waals surface area contributed by atoms with Gasteiger partial charge in [-0.25, -0.2) is 4.39 Å². The van der Waals surface area contributed by atoms with E-state index in [-0.39, 0.29) is 24.1 Å². The van der Waals surface area contributed by atoms with Gasteiger partial charge in [0.1, 0.15) is 11.4 Å². The molecule has 0 saturated heterocycles. The number of carbonyl (C=O) groups is 1. The van der Waals surface area contributed by atoms with Gasteiger partial charge in [0.2, 0.25) is 5.91 Å². The monoisotopic (exact) mass is 648 g/mol. The van der Waals surface area contributed by atoms with E-state index in [1.54, 1.807) is 6.92 Å². The van der Waals surface area contributed by atoms with Crippen molar-refractivity contribution >= 4 is 23.7 Å². The molecule has 1 amide bonds. The fourth-order valence-electron chi connectivity index (χ4n) is 3.98. The first kappa shape index (κ1) is 40.6. The molecule has 11 heteroatoms. The van der Waals surface area contributed by atoms with Crippen LogP contribution in [0.1, 0.15) is 71.1 Å². The molecular weight excluding hydrogens is 609 g/mol. The summed E-state index contributed by atoms with van der Waals surface area (Å²) in [5, 5.41) is 2.32. The Morgan fingerprint density at radius 3 is 2.00 bits per heavy atom. The molecule has 0 aliphatic rings. The molecule has 3 nitrogen and oxygen atoms in total. The van der Waals surface area contributed by atoms with E-state index in [0.29, 0.717) is 19.1 Å². The minimum Gasteiger partial charge on any atom is -0.340 e. The summed E-state index contributed by atoms with van der Waals surface area (Å²) in [6, 6.07) is 7.87. The van der Waals surface area contributed by atoms with Gasteiger partial charge in [-0.1, -0.05) is 76.3 Å². The normalized spacial score (nSPS) is 14.9. The van der Waals surface area contributed by atoms with Crippen LogP contribution in [0.15, 0.2) is 90.1 Å². The van der Waals surface area contributed by atoms with Crippen LogP contribution in [-0.4, -0.2) is 24.2 Å². The van der Waals surface area contributed by atoms with E-state index >= 15 is 0 Å². The quantitative estimate of drug-likeness (QED) is 0.0851. The molecule has 2 rings (SSSR count). The molecular formula is C33H40ClF7N2O. The molecule has 2 aromatic carbocycles. The number of allylic oxidation sites excluding steroid dienone is 3. The van der Waals surface area contributed by atoms with Crippen molar-refractivity contribution in [2.75, 3.05) is 5.88 Å². The summed E-state index contributed by atoms with van der Waals surface area (Å²) >= 11 is 5.73. The SMILES string of the molecule is C=CC[C@](NC(=O)C(C)(c1ccccc1)C(F)(F)F)(/C(=C/C=C/C)N=CCCCl)c1cc(F)cc(C(F)(F)F)c1.CC.CC. The number of rotatable bonds is 11. The molecule has 0 aliphatic heterocycles. The third-order valence-corrected chi connectivity index (χ3v) is 6.44. The Balaban J connectivity index is 0.00000443. The first-order chi connectivity index (χ1) is 20.7. The summed E-state index contributed by atoms with van der Waals surface area (Å²) < 4.78 is 99.5. The van der Waals surface area contributed by atoms with E-state index < -0.39 is 58.1 Å². The predicted octanol–water partition coefficient (Wildman–Crippen LogP) is 10.5. The third-order valence-electron chi connectivity index (χ3n) is 6.22. The fourth-order valence-corrected chi connectivity index (χ4v) is 4.08. The smallest absolute Gasteiger partial charge is 0.340 e. The highest BCUT2D eigenvalue weighted by Crippen LogP contribution is 2.44. The first-order valence-corrected chi connectivity index (χ1v) is 14.6. The minimum absolute atomic E-state index is 0.111. The maximum Gasteiger partial charge on any atom is 0.416 e. The van der Waals surface area contributed by atoms with Gasteiger partial charge in [0.25, 0.3) is 0 Å². The molecule has 0 bridgehead atoms. The molecule has 44 heavy (non-hydrogen) atoms. The number of nitrogens with zero attached hydrogens (tertiary/aromatic N) is 1. The van der Waals surface area contributed by atoms with Crippen LogP contribution >= 0.6 is 11.6 Å². The van der Waals surface area contributed by atoms with Gasteiger partial charge in [0.05, 0.1) is 11.3 Å². The van der Waals surface area contributed by atoms with Crippen LogP contribution in [0, 0.1) is 5.82 Å². The number of hydrogen-bond acceptors (Lipinski definition) is 2. The van der Waals surface area contributed by atoms with Crippen LogP contribution < -0.4 is 5.32 Å². The number of aliphatic imine (C=N–C) groups is 1. The second-order valence-corrected chi connectivity index (χ2v) is 9.31. The topological polar surface area (TPSA) is 41.5 Å². The van der Waals surface area contributed by atoms with E-state index in [1.165, 1.54) is 48.7 Å². The molecule has 0 saturated carbocycles. The van der Waals surface area contributed by atoms with Crippen molar-refractivity contribution in [2.45, 2.75) is 77.7 Å². The van der Waals surface area contributed by atoms with Gasteiger partial charge in [-0.05, 0) is 62.1 Å². The lowest BCUT2D eigenvalue weighted by atomic mass is 9.77. The molecule has 2 atom stereocenters. The van der Waals surface area contributed by atoms with Crippen LogP contribution in [0.3, 0.4) is 0 Å². The molecule has 0 radical (unpaired) electrons. The summed E-state index contributed by atoms with van der Waals surface area (Å²) in [5.74, 6) is -2.80. The van der Waals surface area contributed by atoms with Crippen molar-refractivity contribution in [1.29, 1.82) is 0 Å². The lowest BCUT2D eigenvalue weighted by Gasteiger charge is -2.40. The zero-order valence-corrected chi connectivity index (χ0v) is 26.5. The van der Waals surface area contributed by atoms with E-state index in [1.807, 2.05) is 27.7 Å². The standard InChI is InChI=1S/C29H28ClF7N2O.2C2H6/c1-4-6-13-24(38-16-10-15-30)27(14-5-2,21-17-22(28(32,33)34)19-23(31)18-21)39-25(40)26(3,29(35,36)37)20-11-8-7-9-12-20;2*1-2/h4-9,11-13,16-19H,2,10,14-15H2,1,3H3,(H,39,40);2*1-2H3/b6-4+,24-13-,38-16?;;/t26?,27-;;/m1../s1. The van der Waals surface area contributed by atoms with Gasteiger partial charge in [-0.2, -0.15) is 26.3 Å². The first-order valence-electron chi connectivity index (χ1n) is 14.0. The van der Waals surface area contributed by atoms with Crippen LogP contribution in [0.2, 0.25) is 0 Å². The second kappa shape index (κ2) is 18.4. The number of amides is 1. The zero-order valence-electron chi connectivity index (χ0n) is 25.7. The van der Waals surface area contributed by atoms with E-state index in [2.05, 4.69) is 16.9 Å². The van der Waals surface area contributed by atoms with Crippen molar-refractivity contribution in [1.82, 2.24) is 5.32 Å². The molecule has 0 fully saturated rings. The number of nitrogens with one attached hydrogen (secondary N) is 1. The number of alkyl halides is 7. The summed E-state index contributed by atoms with van der Waals surface area (Å²) in [5.41, 5.74) is -7.81. The average molecular weight is 649 g/mol. The molecule has 2 aromatic rings. The number of halogens is 8. The summed E-state index contributed by atoms with van der Waals surface area (Å²) in [6.45, 7) is 13.9. The molecule has 0 heterocycles. The number of hydrogen-bond donors (Lipinski definition) is 1. The van der Waals surface area contributed by atoms with E-state index in [9.17, 15) is 35.5 Å². The van der Waals surface area contributed by atoms with Crippen molar-refractivity contribution in [3.63, 3.8) is 0 Å². The number of benzene rings is 2. The molecule has 0 aromatic heterocycles. The van der Waals surface area contributed by atoms with Crippen molar-refractivity contribution < 1.29 is 35.5 Å². The molecule has 244 valence electrons. The van der Waals surface area contributed by atoms with Crippen molar-refractivity contribution in [2.24, 2.45) is 4.99 Å². The van der Waals surface area contributed by atoms with Crippen LogP contribution in [0.4, 0.5) is 30.7 Å². The highest BCUT2D eigenvalue weighted by Gasteiger charge is 2.59. The highest BCUT2D eigenvalue weighted by molar-refractivity contribution is 6.18. The Labute approximate surface area is 260 Å². The second-order valence-electron chi connectivity index (χ2n) is 8.93. The maximum atomic E-state index is 14.7. The molecule has 1 unspecified atom stereocenters. The average Bonchev–Trinajstić information content (AvgIpc) is 2.99. The lowest BCUT2D eigenvalue weighted by Crippen LogP contribution is -2.58. The van der Waals surface area contributed by atoms with Crippen LogP contribution in [-0.2, 0) is 21.9 Å².